The maximum absolute atomic E-state index is 7.85. The zero-order valence-electron chi connectivity index (χ0n) is 15.8. The molecule has 0 saturated carbocycles. The van der Waals surface area contributed by atoms with Gasteiger partial charge in [-0.25, -0.2) is 0 Å². The standard InChI is InChI=1S/C20H27N5O/c1-15(26-4)20(24-18-9-11-22-12-10-18)19(13-21)23-17-7-5-16(6-8-17)14-25(2)3/h5-13,15,21,23H,14H2,1-4H3,(H,22,24)/b20-19+,21-13?/t15-/m0/s1. The number of aromatic nitrogens is 1. The molecule has 0 unspecified atom stereocenters. The van der Waals surface area contributed by atoms with Crippen molar-refractivity contribution in [2.45, 2.75) is 19.6 Å². The third kappa shape index (κ3) is 5.68. The number of hydrogen-bond donors (Lipinski definition) is 3. The number of benzene rings is 1. The first-order chi connectivity index (χ1) is 12.5. The van der Waals surface area contributed by atoms with Crippen molar-refractivity contribution in [2.75, 3.05) is 31.8 Å². The number of anilines is 2. The Hall–Kier alpha value is -2.70. The lowest BCUT2D eigenvalue weighted by molar-refractivity contribution is 0.147. The van der Waals surface area contributed by atoms with Crippen molar-refractivity contribution in [1.82, 2.24) is 9.88 Å². The lowest BCUT2D eigenvalue weighted by Crippen LogP contribution is -2.22. The van der Waals surface area contributed by atoms with Gasteiger partial charge in [-0.3, -0.25) is 4.98 Å². The molecule has 0 spiro atoms. The minimum Gasteiger partial charge on any atom is -0.375 e. The summed E-state index contributed by atoms with van der Waals surface area (Å²) >= 11 is 0. The number of nitrogens with zero attached hydrogens (tertiary/aromatic N) is 2. The van der Waals surface area contributed by atoms with Crippen molar-refractivity contribution in [3.8, 4) is 0 Å². The Labute approximate surface area is 155 Å². The Morgan fingerprint density at radius 2 is 1.73 bits per heavy atom. The van der Waals surface area contributed by atoms with E-state index in [1.165, 1.54) is 11.8 Å². The van der Waals surface area contributed by atoms with Crippen LogP contribution in [0, 0.1) is 5.41 Å². The highest BCUT2D eigenvalue weighted by Gasteiger charge is 2.14. The van der Waals surface area contributed by atoms with Crippen LogP contribution in [-0.2, 0) is 11.3 Å². The molecule has 1 aromatic heterocycles. The summed E-state index contributed by atoms with van der Waals surface area (Å²) < 4.78 is 5.48. The van der Waals surface area contributed by atoms with Gasteiger partial charge in [-0.15, -0.1) is 0 Å². The van der Waals surface area contributed by atoms with Gasteiger partial charge in [0.1, 0.15) is 0 Å². The van der Waals surface area contributed by atoms with Crippen molar-refractivity contribution in [1.29, 1.82) is 5.41 Å². The SMILES string of the molecule is CO[C@@H](C)/C(Nc1ccncc1)=C(/C=N)Nc1ccc(CN(C)C)cc1. The van der Waals surface area contributed by atoms with Crippen molar-refractivity contribution < 1.29 is 4.74 Å². The quantitative estimate of drug-likeness (QED) is 0.601. The van der Waals surface area contributed by atoms with E-state index in [2.05, 4.69) is 32.7 Å². The lowest BCUT2D eigenvalue weighted by atomic mass is 10.1. The lowest BCUT2D eigenvalue weighted by Gasteiger charge is -2.21. The Morgan fingerprint density at radius 1 is 1.12 bits per heavy atom. The Morgan fingerprint density at radius 3 is 2.27 bits per heavy atom. The summed E-state index contributed by atoms with van der Waals surface area (Å²) in [6, 6.07) is 12.0. The molecule has 1 aromatic carbocycles. The second kappa shape index (κ2) is 9.70. The molecule has 0 aliphatic rings. The topological polar surface area (TPSA) is 73.3 Å². The molecule has 1 atom stereocenters. The molecule has 0 aliphatic heterocycles. The minimum atomic E-state index is -0.208. The summed E-state index contributed by atoms with van der Waals surface area (Å²) in [5, 5.41) is 14.5. The van der Waals surface area contributed by atoms with Crippen LogP contribution in [0.2, 0.25) is 0 Å². The first kappa shape index (κ1) is 19.6. The van der Waals surface area contributed by atoms with Crippen LogP contribution in [0.4, 0.5) is 11.4 Å². The van der Waals surface area contributed by atoms with Gasteiger partial charge < -0.3 is 25.7 Å². The van der Waals surface area contributed by atoms with Crippen LogP contribution in [0.1, 0.15) is 12.5 Å². The molecule has 0 bridgehead atoms. The highest BCUT2D eigenvalue weighted by atomic mass is 16.5. The average Bonchev–Trinajstić information content (AvgIpc) is 2.65. The third-order valence-corrected chi connectivity index (χ3v) is 3.89. The van der Waals surface area contributed by atoms with Crippen molar-refractivity contribution >= 4 is 17.6 Å². The first-order valence-electron chi connectivity index (χ1n) is 8.48. The molecule has 6 nitrogen and oxygen atoms in total. The van der Waals surface area contributed by atoms with Gasteiger partial charge in [0.05, 0.1) is 17.5 Å². The van der Waals surface area contributed by atoms with Gasteiger partial charge in [-0.1, -0.05) is 12.1 Å². The van der Waals surface area contributed by atoms with E-state index in [1.54, 1.807) is 19.5 Å². The van der Waals surface area contributed by atoms with E-state index in [-0.39, 0.29) is 6.10 Å². The van der Waals surface area contributed by atoms with E-state index >= 15 is 0 Å². The summed E-state index contributed by atoms with van der Waals surface area (Å²) in [5.74, 6) is 0. The molecule has 0 aliphatic carbocycles. The molecular weight excluding hydrogens is 326 g/mol. The van der Waals surface area contributed by atoms with E-state index in [0.717, 1.165) is 23.6 Å². The summed E-state index contributed by atoms with van der Waals surface area (Å²) in [6.07, 6.45) is 4.53. The average molecular weight is 353 g/mol. The Bertz CT molecular complexity index is 726. The molecule has 3 N–H and O–H groups in total. The molecule has 0 radical (unpaired) electrons. The monoisotopic (exact) mass is 353 g/mol. The fourth-order valence-corrected chi connectivity index (χ4v) is 2.49. The number of ether oxygens (including phenoxy) is 1. The predicted molar refractivity (Wildman–Crippen MR) is 108 cm³/mol. The smallest absolute Gasteiger partial charge is 0.0962 e. The van der Waals surface area contributed by atoms with Crippen molar-refractivity contribution in [2.24, 2.45) is 0 Å². The third-order valence-electron chi connectivity index (χ3n) is 3.89. The summed E-state index contributed by atoms with van der Waals surface area (Å²) in [4.78, 5) is 6.16. The molecule has 0 fully saturated rings. The fourth-order valence-electron chi connectivity index (χ4n) is 2.49. The molecule has 2 rings (SSSR count). The zero-order chi connectivity index (χ0) is 18.9. The molecule has 0 amide bonds. The van der Waals surface area contributed by atoms with Gasteiger partial charge in [0, 0.05) is 43.6 Å². The van der Waals surface area contributed by atoms with Gasteiger partial charge >= 0.3 is 0 Å². The van der Waals surface area contributed by atoms with Crippen molar-refractivity contribution in [3.63, 3.8) is 0 Å². The second-order valence-corrected chi connectivity index (χ2v) is 6.27. The van der Waals surface area contributed by atoms with E-state index in [9.17, 15) is 0 Å². The summed E-state index contributed by atoms with van der Waals surface area (Å²) in [6.45, 7) is 2.83. The molecule has 1 heterocycles. The largest absolute Gasteiger partial charge is 0.375 e. The van der Waals surface area contributed by atoms with Gasteiger partial charge in [0.25, 0.3) is 0 Å². The van der Waals surface area contributed by atoms with E-state index in [4.69, 9.17) is 10.1 Å². The van der Waals surface area contributed by atoms with E-state index in [1.807, 2.05) is 45.3 Å². The van der Waals surface area contributed by atoms with Crippen LogP contribution < -0.4 is 10.6 Å². The minimum absolute atomic E-state index is 0.208. The number of methoxy groups -OCH3 is 1. The maximum atomic E-state index is 7.85. The maximum Gasteiger partial charge on any atom is 0.0962 e. The van der Waals surface area contributed by atoms with Crippen LogP contribution in [0.25, 0.3) is 0 Å². The molecule has 138 valence electrons. The van der Waals surface area contributed by atoms with Crippen LogP contribution in [-0.4, -0.2) is 43.4 Å². The van der Waals surface area contributed by atoms with Crippen molar-refractivity contribution in [3.05, 3.63) is 65.7 Å². The number of pyridine rings is 1. The summed E-state index contributed by atoms with van der Waals surface area (Å²) in [5.41, 5.74) is 4.48. The van der Waals surface area contributed by atoms with Crippen LogP contribution in [0.5, 0.6) is 0 Å². The number of allylic oxidation sites excluding steroid dienone is 1. The van der Waals surface area contributed by atoms with E-state index < -0.39 is 0 Å². The Balaban J connectivity index is 2.25. The van der Waals surface area contributed by atoms with Gasteiger partial charge in [0.15, 0.2) is 0 Å². The molecule has 26 heavy (non-hydrogen) atoms. The molecule has 0 saturated heterocycles. The van der Waals surface area contributed by atoms with Gasteiger partial charge in [-0.05, 0) is 50.8 Å². The second-order valence-electron chi connectivity index (χ2n) is 6.27. The normalized spacial score (nSPS) is 13.1. The van der Waals surface area contributed by atoms with Gasteiger partial charge in [-0.2, -0.15) is 0 Å². The van der Waals surface area contributed by atoms with E-state index in [0.29, 0.717) is 5.70 Å². The predicted octanol–water partition coefficient (Wildman–Crippen LogP) is 3.56. The molecule has 2 aromatic rings. The fraction of sp³-hybridized carbons (Fsp3) is 0.300. The first-order valence-corrected chi connectivity index (χ1v) is 8.48. The van der Waals surface area contributed by atoms with Crippen LogP contribution in [0.3, 0.4) is 0 Å². The highest BCUT2D eigenvalue weighted by molar-refractivity contribution is 5.83. The molecule has 6 heteroatoms. The Kier molecular flexibility index (Phi) is 7.32. The summed E-state index contributed by atoms with van der Waals surface area (Å²) in [7, 11) is 5.74. The molecular formula is C20H27N5O. The zero-order valence-corrected chi connectivity index (χ0v) is 15.8. The number of nitrogens with one attached hydrogen (secondary N) is 3. The van der Waals surface area contributed by atoms with Gasteiger partial charge in [0.2, 0.25) is 0 Å². The van der Waals surface area contributed by atoms with Crippen LogP contribution in [0.15, 0.2) is 60.2 Å². The number of hydrogen-bond acceptors (Lipinski definition) is 6. The highest BCUT2D eigenvalue weighted by Crippen LogP contribution is 2.19. The van der Waals surface area contributed by atoms with Crippen LogP contribution >= 0.6 is 0 Å². The number of rotatable bonds is 9.